The lowest BCUT2D eigenvalue weighted by atomic mass is 9.87. The normalized spacial score (nSPS) is 25.6. The van der Waals surface area contributed by atoms with Gasteiger partial charge in [-0.15, -0.1) is 0 Å². The standard InChI is InChI=1S/C24H39N3O/c1-19-9-11-23(12-10-19)25-24(28)20(2)27-15-13-22(14-16-27)18-26(3)17-21-7-5-4-6-8-21/h4-8,19-20,22-23H,9-18H2,1-3H3,(H,25,28). The molecule has 4 heteroatoms. The Morgan fingerprint density at radius 3 is 2.39 bits per heavy atom. The van der Waals surface area contributed by atoms with E-state index < -0.39 is 0 Å². The number of hydrogen-bond acceptors (Lipinski definition) is 3. The molecule has 1 saturated carbocycles. The minimum atomic E-state index is 0.00217. The quantitative estimate of drug-likeness (QED) is 0.773. The summed E-state index contributed by atoms with van der Waals surface area (Å²) in [5.41, 5.74) is 1.38. The minimum Gasteiger partial charge on any atom is -0.352 e. The number of carbonyl (C=O) groups excluding carboxylic acids is 1. The summed E-state index contributed by atoms with van der Waals surface area (Å²) in [5, 5.41) is 3.32. The summed E-state index contributed by atoms with van der Waals surface area (Å²) in [6, 6.07) is 11.1. The van der Waals surface area contributed by atoms with Crippen molar-refractivity contribution in [2.75, 3.05) is 26.7 Å². The molecule has 3 rings (SSSR count). The van der Waals surface area contributed by atoms with Gasteiger partial charge in [0.05, 0.1) is 6.04 Å². The topological polar surface area (TPSA) is 35.6 Å². The average molecular weight is 386 g/mol. The second kappa shape index (κ2) is 10.4. The molecule has 1 aromatic carbocycles. The van der Waals surface area contributed by atoms with E-state index in [0.29, 0.717) is 6.04 Å². The van der Waals surface area contributed by atoms with Crippen molar-refractivity contribution in [2.45, 2.75) is 71.0 Å². The van der Waals surface area contributed by atoms with Crippen molar-refractivity contribution in [1.29, 1.82) is 0 Å². The molecule has 156 valence electrons. The second-order valence-corrected chi connectivity index (χ2v) is 9.30. The third kappa shape index (κ3) is 6.31. The molecule has 1 aliphatic carbocycles. The SMILES string of the molecule is CC1CCC(NC(=O)C(C)N2CCC(CN(C)Cc3ccccc3)CC2)CC1. The summed E-state index contributed by atoms with van der Waals surface area (Å²) < 4.78 is 0. The Hall–Kier alpha value is -1.39. The van der Waals surface area contributed by atoms with Crippen molar-refractivity contribution in [3.05, 3.63) is 35.9 Å². The number of benzene rings is 1. The molecule has 0 spiro atoms. The lowest BCUT2D eigenvalue weighted by Crippen LogP contribution is -2.51. The maximum atomic E-state index is 12.7. The van der Waals surface area contributed by atoms with E-state index in [1.165, 1.54) is 31.2 Å². The molecule has 0 aromatic heterocycles. The molecule has 2 aliphatic rings. The lowest BCUT2D eigenvalue weighted by Gasteiger charge is -2.37. The van der Waals surface area contributed by atoms with E-state index in [0.717, 1.165) is 50.9 Å². The van der Waals surface area contributed by atoms with Crippen molar-refractivity contribution in [3.63, 3.8) is 0 Å². The van der Waals surface area contributed by atoms with Crippen molar-refractivity contribution in [3.8, 4) is 0 Å². The van der Waals surface area contributed by atoms with E-state index in [2.05, 4.69) is 66.3 Å². The Morgan fingerprint density at radius 2 is 1.75 bits per heavy atom. The molecule has 28 heavy (non-hydrogen) atoms. The van der Waals surface area contributed by atoms with E-state index in [4.69, 9.17) is 0 Å². The molecule has 4 nitrogen and oxygen atoms in total. The van der Waals surface area contributed by atoms with E-state index in [1.807, 2.05) is 0 Å². The highest BCUT2D eigenvalue weighted by Gasteiger charge is 2.29. The first kappa shape index (κ1) is 21.3. The molecular formula is C24H39N3O. The van der Waals surface area contributed by atoms with Crippen LogP contribution in [0.1, 0.15) is 57.9 Å². The summed E-state index contributed by atoms with van der Waals surface area (Å²) in [7, 11) is 2.22. The van der Waals surface area contributed by atoms with Gasteiger partial charge in [0.15, 0.2) is 0 Å². The fraction of sp³-hybridized carbons (Fsp3) is 0.708. The average Bonchev–Trinajstić information content (AvgIpc) is 2.70. The van der Waals surface area contributed by atoms with Crippen LogP contribution in [0.2, 0.25) is 0 Å². The van der Waals surface area contributed by atoms with Crippen LogP contribution in [0, 0.1) is 11.8 Å². The highest BCUT2D eigenvalue weighted by Crippen LogP contribution is 2.24. The molecule has 1 aromatic rings. The molecular weight excluding hydrogens is 346 g/mol. The first-order valence-electron chi connectivity index (χ1n) is 11.3. The smallest absolute Gasteiger partial charge is 0.237 e. The second-order valence-electron chi connectivity index (χ2n) is 9.30. The van der Waals surface area contributed by atoms with Gasteiger partial charge >= 0.3 is 0 Å². The number of likely N-dealkylation sites (tertiary alicyclic amines) is 1. The fourth-order valence-electron chi connectivity index (χ4n) is 4.82. The molecule has 0 bridgehead atoms. The lowest BCUT2D eigenvalue weighted by molar-refractivity contribution is -0.127. The molecule has 0 radical (unpaired) electrons. The summed E-state index contributed by atoms with van der Waals surface area (Å²) in [4.78, 5) is 17.5. The third-order valence-corrected chi connectivity index (χ3v) is 6.80. The van der Waals surface area contributed by atoms with Gasteiger partial charge < -0.3 is 10.2 Å². The Balaban J connectivity index is 1.37. The van der Waals surface area contributed by atoms with E-state index in [-0.39, 0.29) is 11.9 Å². The zero-order chi connectivity index (χ0) is 19.9. The number of piperidine rings is 1. The van der Waals surface area contributed by atoms with Gasteiger partial charge in [-0.25, -0.2) is 0 Å². The molecule has 1 heterocycles. The summed E-state index contributed by atoms with van der Waals surface area (Å²) in [6.07, 6.45) is 7.18. The Bertz CT molecular complexity index is 589. The van der Waals surface area contributed by atoms with Crippen LogP contribution in [-0.2, 0) is 11.3 Å². The van der Waals surface area contributed by atoms with Gasteiger partial charge in [-0.2, -0.15) is 0 Å². The van der Waals surface area contributed by atoms with Crippen molar-refractivity contribution >= 4 is 5.91 Å². The first-order valence-corrected chi connectivity index (χ1v) is 11.3. The van der Waals surface area contributed by atoms with Crippen LogP contribution in [0.15, 0.2) is 30.3 Å². The number of amides is 1. The predicted molar refractivity (Wildman–Crippen MR) is 116 cm³/mol. The highest BCUT2D eigenvalue weighted by molar-refractivity contribution is 5.81. The maximum Gasteiger partial charge on any atom is 0.237 e. The van der Waals surface area contributed by atoms with Crippen LogP contribution in [0.4, 0.5) is 0 Å². The Labute approximate surface area is 171 Å². The molecule has 2 fully saturated rings. The van der Waals surface area contributed by atoms with Crippen molar-refractivity contribution in [1.82, 2.24) is 15.1 Å². The fourth-order valence-corrected chi connectivity index (χ4v) is 4.82. The number of rotatable bonds is 7. The van der Waals surface area contributed by atoms with Crippen LogP contribution in [-0.4, -0.2) is 54.5 Å². The minimum absolute atomic E-state index is 0.00217. The van der Waals surface area contributed by atoms with E-state index in [9.17, 15) is 4.79 Å². The van der Waals surface area contributed by atoms with Gasteiger partial charge in [0, 0.05) is 19.1 Å². The summed E-state index contributed by atoms with van der Waals surface area (Å²) >= 11 is 0. The van der Waals surface area contributed by atoms with Gasteiger partial charge in [0.2, 0.25) is 5.91 Å². The monoisotopic (exact) mass is 385 g/mol. The van der Waals surface area contributed by atoms with Crippen molar-refractivity contribution < 1.29 is 4.79 Å². The number of carbonyl (C=O) groups is 1. The molecule has 1 amide bonds. The van der Waals surface area contributed by atoms with Crippen LogP contribution in [0.3, 0.4) is 0 Å². The van der Waals surface area contributed by atoms with Crippen LogP contribution in [0.25, 0.3) is 0 Å². The summed E-state index contributed by atoms with van der Waals surface area (Å²) in [6.45, 7) is 8.65. The Morgan fingerprint density at radius 1 is 1.11 bits per heavy atom. The van der Waals surface area contributed by atoms with Gasteiger partial charge in [-0.3, -0.25) is 9.69 Å². The summed E-state index contributed by atoms with van der Waals surface area (Å²) in [5.74, 6) is 1.80. The number of nitrogens with zero attached hydrogens (tertiary/aromatic N) is 2. The predicted octanol–water partition coefficient (Wildman–Crippen LogP) is 3.91. The van der Waals surface area contributed by atoms with Gasteiger partial charge in [-0.05, 0) is 83.0 Å². The van der Waals surface area contributed by atoms with Crippen molar-refractivity contribution in [2.24, 2.45) is 11.8 Å². The van der Waals surface area contributed by atoms with E-state index >= 15 is 0 Å². The highest BCUT2D eigenvalue weighted by atomic mass is 16.2. The van der Waals surface area contributed by atoms with Gasteiger partial charge in [0.25, 0.3) is 0 Å². The van der Waals surface area contributed by atoms with Crippen LogP contribution < -0.4 is 5.32 Å². The zero-order valence-corrected chi connectivity index (χ0v) is 18.1. The molecule has 1 aliphatic heterocycles. The van der Waals surface area contributed by atoms with Crippen LogP contribution in [0.5, 0.6) is 0 Å². The van der Waals surface area contributed by atoms with E-state index in [1.54, 1.807) is 0 Å². The van der Waals surface area contributed by atoms with Gasteiger partial charge in [0.1, 0.15) is 0 Å². The molecule has 1 saturated heterocycles. The molecule has 1 N–H and O–H groups in total. The first-order chi connectivity index (χ1) is 13.5. The molecule has 1 unspecified atom stereocenters. The zero-order valence-electron chi connectivity index (χ0n) is 18.1. The third-order valence-electron chi connectivity index (χ3n) is 6.80. The number of nitrogens with one attached hydrogen (secondary N) is 1. The van der Waals surface area contributed by atoms with Gasteiger partial charge in [-0.1, -0.05) is 37.3 Å². The molecule has 1 atom stereocenters. The number of hydrogen-bond donors (Lipinski definition) is 1. The maximum absolute atomic E-state index is 12.7. The largest absolute Gasteiger partial charge is 0.352 e. The van der Waals surface area contributed by atoms with Crippen LogP contribution >= 0.6 is 0 Å². The Kier molecular flexibility index (Phi) is 7.92.